The molecule has 0 aliphatic heterocycles. The Morgan fingerprint density at radius 1 is 0.270 bits per heavy atom. The number of unbranched alkanes of at least 4 members (excludes halogenated alkanes) is 29. The lowest BCUT2D eigenvalue weighted by atomic mass is 9.12. The van der Waals surface area contributed by atoms with Crippen LogP contribution in [0.1, 0.15) is 219 Å². The maximum atomic E-state index is 15.4. The van der Waals surface area contributed by atoms with Gasteiger partial charge in [-0.3, -0.25) is 0 Å². The number of para-hydroxylation sites is 2. The highest BCUT2D eigenvalue weighted by Crippen LogP contribution is 2.31. The second-order valence-corrected chi connectivity index (χ2v) is 23.0. The van der Waals surface area contributed by atoms with Crippen LogP contribution in [0.4, 0.5) is 87.8 Å². The molecule has 23 heteroatoms. The van der Waals surface area contributed by atoms with Crippen molar-refractivity contribution in [1.82, 2.24) is 4.98 Å². The maximum absolute atomic E-state index is 15.4. The molecule has 0 unspecified atom stereocenters. The van der Waals surface area contributed by atoms with Crippen molar-refractivity contribution in [3.63, 3.8) is 0 Å². The molecule has 0 amide bonds. The number of aryl methyl sites for hydroxylation is 2. The number of nitrogens with one attached hydrogen (secondary N) is 1. The quantitative estimate of drug-likeness (QED) is 0.0100. The highest BCUT2D eigenvalue weighted by molar-refractivity contribution is 7.20. The van der Waals surface area contributed by atoms with E-state index in [1.165, 1.54) is 229 Å². The molecule has 0 radical (unpaired) electrons. The molecule has 0 aliphatic carbocycles. The Labute approximate surface area is 507 Å². The van der Waals surface area contributed by atoms with Crippen molar-refractivity contribution < 1.29 is 92.4 Å². The number of halogens is 20. The highest BCUT2D eigenvalue weighted by atomic mass is 19.2. The van der Waals surface area contributed by atoms with Gasteiger partial charge in [0.25, 0.3) is 5.82 Å². The Morgan fingerprint density at radius 3 is 0.742 bits per heavy atom. The summed E-state index contributed by atoms with van der Waals surface area (Å²) >= 11 is 0. The van der Waals surface area contributed by atoms with Gasteiger partial charge in [0.15, 0.2) is 80.8 Å². The number of nitrogens with zero attached hydrogens (tertiary/aromatic N) is 1. The zero-order chi connectivity index (χ0) is 65.5. The number of hydrogen-bond acceptors (Lipinski definition) is 0. The molecule has 0 spiro atoms. The van der Waals surface area contributed by atoms with Crippen LogP contribution in [-0.2, 0) is 13.0 Å². The molecule has 0 bridgehead atoms. The Kier molecular flexibility index (Phi) is 30.2. The first kappa shape index (κ1) is 74.0. The van der Waals surface area contributed by atoms with Gasteiger partial charge in [-0.15, -0.1) is 21.9 Å². The largest absolute Gasteiger partial charge is 0.255 e. The Bertz CT molecular complexity index is 2860. The molecule has 1 heterocycles. The van der Waals surface area contributed by atoms with Gasteiger partial charge in [-0.05, 0) is 31.4 Å². The monoisotopic (exact) mass is 1290 g/mol. The first-order chi connectivity index (χ1) is 42.6. The summed E-state index contributed by atoms with van der Waals surface area (Å²) in [7, 11) is 0. The molecule has 1 N–H and O–H groups in total. The molecule has 494 valence electrons. The van der Waals surface area contributed by atoms with Crippen molar-refractivity contribution in [2.45, 2.75) is 226 Å². The second kappa shape index (κ2) is 36.3. The SMILES string of the molecule is CCCCCCCCCCCCCCCCCC[n+]1c(CCCCCCCCCCCCCCCCC)[nH]c2ccccc21.Fc1c(F)c(F)c([B-](c2c(F)c(F)c(F)c(F)c2F)(c2c(F)c(F)c(F)c(F)c2F)c2c(F)c(F)c(F)c(F)c2F)c(F)c1F. The lowest BCUT2D eigenvalue weighted by Crippen LogP contribution is -2.81. The van der Waals surface area contributed by atoms with E-state index < -0.39 is 144 Å². The Balaban J connectivity index is 0.000000324. The van der Waals surface area contributed by atoms with E-state index in [-0.39, 0.29) is 0 Å². The van der Waals surface area contributed by atoms with E-state index >= 15 is 35.1 Å². The van der Waals surface area contributed by atoms with Crippen LogP contribution in [-0.4, -0.2) is 11.1 Å². The zero-order valence-corrected chi connectivity index (χ0v) is 50.2. The van der Waals surface area contributed by atoms with E-state index in [2.05, 4.69) is 47.7 Å². The maximum Gasteiger partial charge on any atom is 0.255 e. The lowest BCUT2D eigenvalue weighted by molar-refractivity contribution is -0.679. The van der Waals surface area contributed by atoms with Crippen molar-refractivity contribution >= 4 is 39.0 Å². The van der Waals surface area contributed by atoms with Crippen molar-refractivity contribution in [2.24, 2.45) is 0 Å². The highest BCUT2D eigenvalue weighted by Gasteiger charge is 2.52. The van der Waals surface area contributed by atoms with Crippen LogP contribution >= 0.6 is 0 Å². The van der Waals surface area contributed by atoms with Crippen molar-refractivity contribution in [1.29, 1.82) is 0 Å². The predicted octanol–water partition coefficient (Wildman–Crippen LogP) is 20.0. The number of rotatable bonds is 37. The fourth-order valence-corrected chi connectivity index (χ4v) is 12.0. The third kappa shape index (κ3) is 17.8. The number of aromatic nitrogens is 2. The minimum absolute atomic E-state index is 1.18. The molecule has 6 aromatic rings. The Hall–Kier alpha value is -5.77. The van der Waals surface area contributed by atoms with Crippen LogP contribution in [0, 0.1) is 116 Å². The fraction of sp³-hybridized carbons (Fsp3) is 0.530. The minimum atomic E-state index is -7.22. The van der Waals surface area contributed by atoms with Crippen LogP contribution in [0.2, 0.25) is 0 Å². The molecule has 6 rings (SSSR count). The molecule has 0 saturated carbocycles. The molecule has 5 aromatic carbocycles. The molecule has 1 aromatic heterocycles. The number of hydrogen-bond donors (Lipinski definition) is 1. The third-order valence-corrected chi connectivity index (χ3v) is 16.8. The van der Waals surface area contributed by atoms with Gasteiger partial charge < -0.3 is 0 Å². The van der Waals surface area contributed by atoms with Crippen molar-refractivity contribution in [2.75, 3.05) is 0 Å². The molecule has 89 heavy (non-hydrogen) atoms. The summed E-state index contributed by atoms with van der Waals surface area (Å²) in [6.45, 7) is 5.79. The summed E-state index contributed by atoms with van der Waals surface area (Å²) in [5.74, 6) is -69.9. The van der Waals surface area contributed by atoms with E-state index in [4.69, 9.17) is 0 Å². The summed E-state index contributed by atoms with van der Waals surface area (Å²) in [6, 6.07) is 8.95. The molecular formula is C66H77BF20N2. The minimum Gasteiger partial charge on any atom is -0.241 e. The normalized spacial score (nSPS) is 11.8. The van der Waals surface area contributed by atoms with E-state index in [0.29, 0.717) is 0 Å². The summed E-state index contributed by atoms with van der Waals surface area (Å²) in [5, 5.41) is 0. The number of fused-ring (bicyclic) bond motifs is 1. The van der Waals surface area contributed by atoms with Gasteiger partial charge in [0.2, 0.25) is 0 Å². The molecule has 0 fully saturated rings. The van der Waals surface area contributed by atoms with E-state index in [1.54, 1.807) is 0 Å². The molecule has 0 aliphatic rings. The molecule has 0 atom stereocenters. The topological polar surface area (TPSA) is 19.7 Å². The van der Waals surface area contributed by atoms with Crippen LogP contribution in [0.3, 0.4) is 0 Å². The lowest BCUT2D eigenvalue weighted by Gasteiger charge is -2.44. The van der Waals surface area contributed by atoms with Crippen LogP contribution < -0.4 is 26.4 Å². The van der Waals surface area contributed by atoms with E-state index in [9.17, 15) is 52.7 Å². The summed E-state index contributed by atoms with van der Waals surface area (Å²) in [6.07, 6.45) is 38.5. The van der Waals surface area contributed by atoms with Gasteiger partial charge in [0.1, 0.15) is 52.7 Å². The summed E-state index contributed by atoms with van der Waals surface area (Å²) in [5.41, 5.74) is -11.6. The van der Waals surface area contributed by atoms with Gasteiger partial charge >= 0.3 is 0 Å². The first-order valence-corrected chi connectivity index (χ1v) is 31.3. The smallest absolute Gasteiger partial charge is 0.241 e. The number of H-pyrrole nitrogens is 1. The number of aromatic amines is 1. The third-order valence-electron chi connectivity index (χ3n) is 16.8. The van der Waals surface area contributed by atoms with Crippen LogP contribution in [0.15, 0.2) is 24.3 Å². The molecule has 0 saturated heterocycles. The van der Waals surface area contributed by atoms with Crippen LogP contribution in [0.25, 0.3) is 11.0 Å². The van der Waals surface area contributed by atoms with Gasteiger partial charge in [-0.25, -0.2) is 97.4 Å². The Morgan fingerprint density at radius 2 is 0.483 bits per heavy atom. The van der Waals surface area contributed by atoms with Crippen LogP contribution in [0.5, 0.6) is 0 Å². The summed E-state index contributed by atoms with van der Waals surface area (Å²) in [4.78, 5) is 3.78. The first-order valence-electron chi connectivity index (χ1n) is 31.3. The second-order valence-electron chi connectivity index (χ2n) is 23.0. The fourth-order valence-electron chi connectivity index (χ4n) is 12.0. The number of imidazole rings is 1. The molecular weight excluding hydrogens is 1210 g/mol. The average molecular weight is 1290 g/mol. The number of benzene rings is 5. The van der Waals surface area contributed by atoms with Gasteiger partial charge in [-0.2, -0.15) is 0 Å². The van der Waals surface area contributed by atoms with E-state index in [1.807, 2.05) is 0 Å². The molecule has 2 nitrogen and oxygen atoms in total. The van der Waals surface area contributed by atoms with Gasteiger partial charge in [0, 0.05) is 6.42 Å². The van der Waals surface area contributed by atoms with Gasteiger partial charge in [0.05, 0.1) is 6.54 Å². The standard InChI is InChI=1S/C42H76N2.C24BF20/c1-3-5-7-9-11-13-15-17-19-21-23-25-27-29-31-35-39-44-41-37-34-33-36-40(41)43-42(44)38-32-30-28-26-24-22-20-18-16-14-12-10-8-6-4-2;26-5-1(6(27)14(35)21(42)13(5)34)25(2-7(28)15(36)22(43)16(37)8(2)29,3-9(30)17(38)23(44)18(39)10(3)31)4-11(32)19(40)24(45)20(41)12(4)33/h33-34,36-37H,3-32,35,38-39H2,1-2H3;/q;-1/p+1. The van der Waals surface area contributed by atoms with Crippen molar-refractivity contribution in [3.8, 4) is 0 Å². The summed E-state index contributed by atoms with van der Waals surface area (Å²) < 4.78 is 297. The van der Waals surface area contributed by atoms with Gasteiger partial charge in [-0.1, -0.05) is 206 Å². The predicted molar refractivity (Wildman–Crippen MR) is 306 cm³/mol. The zero-order valence-electron chi connectivity index (χ0n) is 50.2. The van der Waals surface area contributed by atoms with Crippen molar-refractivity contribution in [3.05, 3.63) is 146 Å². The average Bonchev–Trinajstić information content (AvgIpc) is 1.07. The van der Waals surface area contributed by atoms with E-state index in [0.717, 1.165) is 0 Å².